The molecule has 0 fully saturated rings. The molecular weight excluding hydrogens is 207 g/mol. The molecule has 0 spiro atoms. The maximum absolute atomic E-state index is 6.01. The van der Waals surface area contributed by atoms with Crippen LogP contribution in [0.5, 0.6) is 0 Å². The second-order valence-electron chi connectivity index (χ2n) is 4.06. The summed E-state index contributed by atoms with van der Waals surface area (Å²) in [4.78, 5) is 0. The highest BCUT2D eigenvalue weighted by molar-refractivity contribution is 6.21. The Morgan fingerprint density at radius 1 is 0.846 bits per heavy atom. The smallest absolute Gasteiger partial charge is 0.0633 e. The van der Waals surface area contributed by atoms with E-state index in [4.69, 9.17) is 27.9 Å². The Labute approximate surface area is 91.7 Å². The molecule has 0 aromatic carbocycles. The number of halogens is 2. The van der Waals surface area contributed by atoms with E-state index in [2.05, 4.69) is 27.7 Å². The summed E-state index contributed by atoms with van der Waals surface area (Å²) in [5.74, 6) is 0.906. The molecule has 0 saturated heterocycles. The van der Waals surface area contributed by atoms with Crippen LogP contribution in [0.3, 0.4) is 0 Å². The third-order valence-electron chi connectivity index (χ3n) is 2.00. The van der Waals surface area contributed by atoms with E-state index in [0.29, 0.717) is 25.0 Å². The van der Waals surface area contributed by atoms with E-state index in [0.717, 1.165) is 0 Å². The fraction of sp³-hybridized carbons (Fsp3) is 1.00. The van der Waals surface area contributed by atoms with Crippen LogP contribution >= 0.6 is 23.2 Å². The topological polar surface area (TPSA) is 9.23 Å². The molecule has 0 amide bonds. The van der Waals surface area contributed by atoms with Gasteiger partial charge in [0.1, 0.15) is 0 Å². The first-order valence-electron chi connectivity index (χ1n) is 4.81. The highest BCUT2D eigenvalue weighted by Crippen LogP contribution is 2.12. The van der Waals surface area contributed by atoms with Crippen LogP contribution in [0.15, 0.2) is 0 Å². The first-order chi connectivity index (χ1) is 5.95. The average molecular weight is 227 g/mol. The van der Waals surface area contributed by atoms with Crippen molar-refractivity contribution < 1.29 is 4.74 Å². The predicted molar refractivity (Wildman–Crippen MR) is 59.8 cm³/mol. The van der Waals surface area contributed by atoms with E-state index in [-0.39, 0.29) is 10.8 Å². The van der Waals surface area contributed by atoms with Gasteiger partial charge in [0.2, 0.25) is 0 Å². The Balaban J connectivity index is 3.45. The standard InChI is InChI=1S/C10H20Cl2O/c1-7(2)9(11)5-13-6-10(12)8(3)4/h7-10H,5-6H2,1-4H3. The van der Waals surface area contributed by atoms with Crippen molar-refractivity contribution in [1.29, 1.82) is 0 Å². The number of hydrogen-bond acceptors (Lipinski definition) is 1. The summed E-state index contributed by atoms with van der Waals surface area (Å²) < 4.78 is 5.42. The molecule has 0 aliphatic heterocycles. The van der Waals surface area contributed by atoms with Crippen LogP contribution in [0.4, 0.5) is 0 Å². The molecule has 1 nitrogen and oxygen atoms in total. The van der Waals surface area contributed by atoms with Gasteiger partial charge >= 0.3 is 0 Å². The molecule has 0 aromatic rings. The maximum atomic E-state index is 6.01. The van der Waals surface area contributed by atoms with Gasteiger partial charge in [-0.3, -0.25) is 0 Å². The lowest BCUT2D eigenvalue weighted by molar-refractivity contribution is 0.118. The normalized spacial score (nSPS) is 16.6. The Kier molecular flexibility index (Phi) is 7.20. The lowest BCUT2D eigenvalue weighted by Crippen LogP contribution is -2.21. The van der Waals surface area contributed by atoms with Gasteiger partial charge in [0, 0.05) is 0 Å². The van der Waals surface area contributed by atoms with Gasteiger partial charge in [-0.1, -0.05) is 27.7 Å². The van der Waals surface area contributed by atoms with Crippen LogP contribution in [-0.4, -0.2) is 24.0 Å². The summed E-state index contributed by atoms with van der Waals surface area (Å²) in [5, 5.41) is 0.187. The molecule has 2 atom stereocenters. The van der Waals surface area contributed by atoms with Crippen LogP contribution < -0.4 is 0 Å². The van der Waals surface area contributed by atoms with Crippen molar-refractivity contribution in [2.75, 3.05) is 13.2 Å². The predicted octanol–water partition coefficient (Wildman–Crippen LogP) is 3.53. The molecule has 0 bridgehead atoms. The first kappa shape index (κ1) is 13.5. The third-order valence-corrected chi connectivity index (χ3v) is 3.26. The number of hydrogen-bond donors (Lipinski definition) is 0. The van der Waals surface area contributed by atoms with Gasteiger partial charge in [-0.15, -0.1) is 23.2 Å². The molecule has 80 valence electrons. The van der Waals surface area contributed by atoms with Crippen molar-refractivity contribution in [3.63, 3.8) is 0 Å². The second kappa shape index (κ2) is 6.92. The number of ether oxygens (including phenoxy) is 1. The largest absolute Gasteiger partial charge is 0.378 e. The summed E-state index contributed by atoms with van der Waals surface area (Å²) in [6, 6.07) is 0. The molecule has 2 unspecified atom stereocenters. The van der Waals surface area contributed by atoms with Gasteiger partial charge < -0.3 is 4.74 Å². The Morgan fingerprint density at radius 3 is 1.38 bits per heavy atom. The Hall–Kier alpha value is 0.540. The van der Waals surface area contributed by atoms with Crippen LogP contribution in [0, 0.1) is 11.8 Å². The Bertz CT molecular complexity index is 112. The van der Waals surface area contributed by atoms with Crippen molar-refractivity contribution >= 4 is 23.2 Å². The van der Waals surface area contributed by atoms with Gasteiger partial charge in [-0.05, 0) is 11.8 Å². The minimum absolute atomic E-state index is 0.0935. The maximum Gasteiger partial charge on any atom is 0.0633 e. The fourth-order valence-electron chi connectivity index (χ4n) is 0.678. The summed E-state index contributed by atoms with van der Waals surface area (Å²) in [7, 11) is 0. The molecule has 0 aliphatic carbocycles. The minimum Gasteiger partial charge on any atom is -0.378 e. The molecule has 3 heteroatoms. The van der Waals surface area contributed by atoms with Crippen LogP contribution in [0.25, 0.3) is 0 Å². The van der Waals surface area contributed by atoms with E-state index >= 15 is 0 Å². The van der Waals surface area contributed by atoms with E-state index < -0.39 is 0 Å². The van der Waals surface area contributed by atoms with E-state index in [1.807, 2.05) is 0 Å². The lowest BCUT2D eigenvalue weighted by Gasteiger charge is -2.17. The molecule has 0 aromatic heterocycles. The minimum atomic E-state index is 0.0935. The summed E-state index contributed by atoms with van der Waals surface area (Å²) in [6.45, 7) is 9.52. The first-order valence-corrected chi connectivity index (χ1v) is 5.68. The number of alkyl halides is 2. The lowest BCUT2D eigenvalue weighted by atomic mass is 10.1. The second-order valence-corrected chi connectivity index (χ2v) is 5.18. The van der Waals surface area contributed by atoms with Gasteiger partial charge in [-0.25, -0.2) is 0 Å². The molecule has 0 rings (SSSR count). The zero-order valence-electron chi connectivity index (χ0n) is 8.89. The van der Waals surface area contributed by atoms with Crippen LogP contribution in [0.1, 0.15) is 27.7 Å². The zero-order chi connectivity index (χ0) is 10.4. The summed E-state index contributed by atoms with van der Waals surface area (Å²) in [6.07, 6.45) is 0. The van der Waals surface area contributed by atoms with Crippen LogP contribution in [-0.2, 0) is 4.74 Å². The van der Waals surface area contributed by atoms with E-state index in [9.17, 15) is 0 Å². The quantitative estimate of drug-likeness (QED) is 0.631. The van der Waals surface area contributed by atoms with Crippen molar-refractivity contribution in [2.24, 2.45) is 11.8 Å². The van der Waals surface area contributed by atoms with Gasteiger partial charge in [0.05, 0.1) is 24.0 Å². The third kappa shape index (κ3) is 6.59. The zero-order valence-corrected chi connectivity index (χ0v) is 10.4. The van der Waals surface area contributed by atoms with Crippen molar-refractivity contribution in [2.45, 2.75) is 38.4 Å². The average Bonchev–Trinajstić information content (AvgIpc) is 2.03. The fourth-order valence-corrected chi connectivity index (χ4v) is 0.856. The monoisotopic (exact) mass is 226 g/mol. The molecule has 0 heterocycles. The highest BCUT2D eigenvalue weighted by Gasteiger charge is 2.13. The van der Waals surface area contributed by atoms with Gasteiger partial charge in [0.25, 0.3) is 0 Å². The highest BCUT2D eigenvalue weighted by atomic mass is 35.5. The van der Waals surface area contributed by atoms with Gasteiger partial charge in [-0.2, -0.15) is 0 Å². The van der Waals surface area contributed by atoms with E-state index in [1.165, 1.54) is 0 Å². The molecular formula is C10H20Cl2O. The molecule has 0 saturated carbocycles. The molecule has 0 N–H and O–H groups in total. The van der Waals surface area contributed by atoms with Crippen molar-refractivity contribution in [3.05, 3.63) is 0 Å². The summed E-state index contributed by atoms with van der Waals surface area (Å²) >= 11 is 12.0. The molecule has 13 heavy (non-hydrogen) atoms. The van der Waals surface area contributed by atoms with Gasteiger partial charge in [0.15, 0.2) is 0 Å². The molecule has 0 radical (unpaired) electrons. The van der Waals surface area contributed by atoms with Crippen molar-refractivity contribution in [3.8, 4) is 0 Å². The van der Waals surface area contributed by atoms with E-state index in [1.54, 1.807) is 0 Å². The number of rotatable bonds is 6. The molecule has 0 aliphatic rings. The summed E-state index contributed by atoms with van der Waals surface area (Å²) in [5.41, 5.74) is 0. The SMILES string of the molecule is CC(C)C(Cl)COCC(Cl)C(C)C. The van der Waals surface area contributed by atoms with Crippen molar-refractivity contribution in [1.82, 2.24) is 0 Å². The van der Waals surface area contributed by atoms with Crippen LogP contribution in [0.2, 0.25) is 0 Å². The Morgan fingerprint density at radius 2 is 1.15 bits per heavy atom.